The molecule has 0 unspecified atom stereocenters. The molecule has 6 heteroatoms. The SMILES string of the molecule is CC(C)C(=O)NNC(=O)c1nc(-c2ccccc2)n2c1CCCCC2. The second-order valence-electron chi connectivity index (χ2n) is 6.66. The number of hydrazine groups is 1. The highest BCUT2D eigenvalue weighted by atomic mass is 16.2. The van der Waals surface area contributed by atoms with E-state index < -0.39 is 0 Å². The van der Waals surface area contributed by atoms with E-state index in [-0.39, 0.29) is 17.7 Å². The molecule has 2 amide bonds. The molecular weight excluding hydrogens is 316 g/mol. The smallest absolute Gasteiger partial charge is 0.290 e. The first kappa shape index (κ1) is 17.2. The van der Waals surface area contributed by atoms with Crippen LogP contribution in [0.15, 0.2) is 30.3 Å². The van der Waals surface area contributed by atoms with Gasteiger partial charge in [0, 0.05) is 18.0 Å². The zero-order chi connectivity index (χ0) is 17.8. The number of rotatable bonds is 3. The molecule has 0 radical (unpaired) electrons. The Hall–Kier alpha value is -2.63. The van der Waals surface area contributed by atoms with Crippen LogP contribution in [0.5, 0.6) is 0 Å². The van der Waals surface area contributed by atoms with Crippen LogP contribution >= 0.6 is 0 Å². The van der Waals surface area contributed by atoms with Crippen molar-refractivity contribution in [3.8, 4) is 11.4 Å². The van der Waals surface area contributed by atoms with E-state index in [1.54, 1.807) is 13.8 Å². The van der Waals surface area contributed by atoms with Gasteiger partial charge in [0.2, 0.25) is 5.91 Å². The van der Waals surface area contributed by atoms with E-state index in [1.807, 2.05) is 30.3 Å². The largest absolute Gasteiger partial charge is 0.327 e. The maximum atomic E-state index is 12.6. The monoisotopic (exact) mass is 340 g/mol. The molecule has 1 aliphatic rings. The molecule has 6 nitrogen and oxygen atoms in total. The number of imidazole rings is 1. The van der Waals surface area contributed by atoms with Crippen molar-refractivity contribution in [2.45, 2.75) is 46.1 Å². The minimum Gasteiger partial charge on any atom is -0.327 e. The van der Waals surface area contributed by atoms with Crippen molar-refractivity contribution in [1.82, 2.24) is 20.4 Å². The van der Waals surface area contributed by atoms with Crippen LogP contribution in [0.4, 0.5) is 0 Å². The molecule has 0 spiro atoms. The van der Waals surface area contributed by atoms with Crippen LogP contribution in [-0.2, 0) is 17.8 Å². The second-order valence-corrected chi connectivity index (χ2v) is 6.66. The highest BCUT2D eigenvalue weighted by Crippen LogP contribution is 2.27. The molecule has 25 heavy (non-hydrogen) atoms. The van der Waals surface area contributed by atoms with Crippen LogP contribution in [0, 0.1) is 5.92 Å². The number of hydrogen-bond donors (Lipinski definition) is 2. The summed E-state index contributed by atoms with van der Waals surface area (Å²) in [6.07, 6.45) is 4.08. The standard InChI is InChI=1S/C19H24N4O2/c1-13(2)18(24)21-22-19(25)16-15-11-7-4-8-12-23(15)17(20-16)14-9-5-3-6-10-14/h3,5-6,9-10,13H,4,7-8,11-12H2,1-2H3,(H,21,24)(H,22,25). The molecule has 0 fully saturated rings. The van der Waals surface area contributed by atoms with Gasteiger partial charge in [0.15, 0.2) is 5.69 Å². The number of nitrogens with zero attached hydrogens (tertiary/aromatic N) is 2. The Morgan fingerprint density at radius 1 is 1.08 bits per heavy atom. The van der Waals surface area contributed by atoms with Crippen molar-refractivity contribution < 1.29 is 9.59 Å². The van der Waals surface area contributed by atoms with Crippen LogP contribution in [0.3, 0.4) is 0 Å². The molecular formula is C19H24N4O2. The summed E-state index contributed by atoms with van der Waals surface area (Å²) in [7, 11) is 0. The van der Waals surface area contributed by atoms with Crippen LogP contribution in [0.25, 0.3) is 11.4 Å². The lowest BCUT2D eigenvalue weighted by atomic mass is 10.1. The highest BCUT2D eigenvalue weighted by molar-refractivity contribution is 5.95. The van der Waals surface area contributed by atoms with Gasteiger partial charge in [-0.05, 0) is 19.3 Å². The molecule has 2 heterocycles. The van der Waals surface area contributed by atoms with Gasteiger partial charge in [-0.25, -0.2) is 4.98 Å². The number of fused-ring (bicyclic) bond motifs is 1. The fraction of sp³-hybridized carbons (Fsp3) is 0.421. The van der Waals surface area contributed by atoms with Gasteiger partial charge in [-0.15, -0.1) is 0 Å². The van der Waals surface area contributed by atoms with Crippen molar-refractivity contribution >= 4 is 11.8 Å². The van der Waals surface area contributed by atoms with Crippen molar-refractivity contribution in [2.24, 2.45) is 5.92 Å². The third-order valence-corrected chi connectivity index (χ3v) is 4.44. The lowest BCUT2D eigenvalue weighted by molar-refractivity contribution is -0.124. The Balaban J connectivity index is 1.92. The molecule has 132 valence electrons. The maximum Gasteiger partial charge on any atom is 0.290 e. The average molecular weight is 340 g/mol. The summed E-state index contributed by atoms with van der Waals surface area (Å²) in [4.78, 5) is 28.9. The van der Waals surface area contributed by atoms with Crippen LogP contribution in [-0.4, -0.2) is 21.4 Å². The van der Waals surface area contributed by atoms with Gasteiger partial charge in [0.25, 0.3) is 5.91 Å². The number of nitrogens with one attached hydrogen (secondary N) is 2. The Bertz CT molecular complexity index is 765. The van der Waals surface area contributed by atoms with E-state index >= 15 is 0 Å². The van der Waals surface area contributed by atoms with E-state index in [4.69, 9.17) is 0 Å². The van der Waals surface area contributed by atoms with Gasteiger partial charge < -0.3 is 4.57 Å². The summed E-state index contributed by atoms with van der Waals surface area (Å²) in [6.45, 7) is 4.41. The van der Waals surface area contributed by atoms with Crippen molar-refractivity contribution in [3.05, 3.63) is 41.7 Å². The first-order valence-corrected chi connectivity index (χ1v) is 8.83. The Kier molecular flexibility index (Phi) is 5.16. The fourth-order valence-electron chi connectivity index (χ4n) is 3.03. The molecule has 1 aromatic carbocycles. The third-order valence-electron chi connectivity index (χ3n) is 4.44. The molecule has 1 aliphatic heterocycles. The number of hydrogen-bond acceptors (Lipinski definition) is 3. The molecule has 0 saturated carbocycles. The first-order valence-electron chi connectivity index (χ1n) is 8.83. The molecule has 1 aromatic heterocycles. The summed E-state index contributed by atoms with van der Waals surface area (Å²) in [5, 5.41) is 0. The van der Waals surface area contributed by atoms with E-state index in [0.29, 0.717) is 5.69 Å². The van der Waals surface area contributed by atoms with E-state index in [9.17, 15) is 9.59 Å². The molecule has 0 bridgehead atoms. The lowest BCUT2D eigenvalue weighted by Crippen LogP contribution is -2.44. The number of carbonyl (C=O) groups excluding carboxylic acids is 2. The molecule has 0 aliphatic carbocycles. The number of amides is 2. The molecule has 0 saturated heterocycles. The van der Waals surface area contributed by atoms with Crippen molar-refractivity contribution in [1.29, 1.82) is 0 Å². The average Bonchev–Trinajstić information content (AvgIpc) is 2.81. The Morgan fingerprint density at radius 3 is 2.56 bits per heavy atom. The topological polar surface area (TPSA) is 76.0 Å². The normalized spacial score (nSPS) is 13.9. The zero-order valence-corrected chi connectivity index (χ0v) is 14.7. The van der Waals surface area contributed by atoms with Crippen molar-refractivity contribution in [2.75, 3.05) is 0 Å². The van der Waals surface area contributed by atoms with Gasteiger partial charge in [-0.1, -0.05) is 50.6 Å². The summed E-state index contributed by atoms with van der Waals surface area (Å²) < 4.78 is 2.15. The Morgan fingerprint density at radius 2 is 1.84 bits per heavy atom. The van der Waals surface area contributed by atoms with Crippen molar-refractivity contribution in [3.63, 3.8) is 0 Å². The van der Waals surface area contributed by atoms with E-state index in [2.05, 4.69) is 20.4 Å². The predicted octanol–water partition coefficient (Wildman–Crippen LogP) is 2.69. The summed E-state index contributed by atoms with van der Waals surface area (Å²) in [5.74, 6) is 0.0425. The molecule has 0 atom stereocenters. The second kappa shape index (κ2) is 7.51. The van der Waals surface area contributed by atoms with Gasteiger partial charge in [-0.3, -0.25) is 20.4 Å². The number of benzene rings is 1. The molecule has 2 N–H and O–H groups in total. The first-order chi connectivity index (χ1) is 12.1. The lowest BCUT2D eigenvalue weighted by Gasteiger charge is -2.10. The fourth-order valence-corrected chi connectivity index (χ4v) is 3.03. The summed E-state index contributed by atoms with van der Waals surface area (Å²) >= 11 is 0. The minimum atomic E-state index is -0.359. The number of carbonyl (C=O) groups is 2. The van der Waals surface area contributed by atoms with E-state index in [1.165, 1.54) is 0 Å². The zero-order valence-electron chi connectivity index (χ0n) is 14.7. The van der Waals surface area contributed by atoms with Gasteiger partial charge in [0.05, 0.1) is 5.69 Å². The number of aromatic nitrogens is 2. The summed E-state index contributed by atoms with van der Waals surface area (Å²) in [6, 6.07) is 9.91. The minimum absolute atomic E-state index is 0.195. The predicted molar refractivity (Wildman–Crippen MR) is 95.7 cm³/mol. The van der Waals surface area contributed by atoms with Gasteiger partial charge >= 0.3 is 0 Å². The van der Waals surface area contributed by atoms with Gasteiger partial charge in [0.1, 0.15) is 5.82 Å². The maximum absolute atomic E-state index is 12.6. The van der Waals surface area contributed by atoms with Crippen LogP contribution in [0.1, 0.15) is 49.3 Å². The molecule has 2 aromatic rings. The Labute approximate surface area is 147 Å². The highest BCUT2D eigenvalue weighted by Gasteiger charge is 2.24. The molecule has 3 rings (SSSR count). The van der Waals surface area contributed by atoms with Crippen LogP contribution < -0.4 is 10.9 Å². The van der Waals surface area contributed by atoms with E-state index in [0.717, 1.165) is 49.3 Å². The third kappa shape index (κ3) is 3.73. The summed E-state index contributed by atoms with van der Waals surface area (Å²) in [5.41, 5.74) is 7.32. The van der Waals surface area contributed by atoms with Crippen LogP contribution in [0.2, 0.25) is 0 Å². The van der Waals surface area contributed by atoms with Gasteiger partial charge in [-0.2, -0.15) is 0 Å². The quantitative estimate of drug-likeness (QED) is 0.844.